The van der Waals surface area contributed by atoms with Crippen LogP contribution in [0.1, 0.15) is 27.7 Å². The fourth-order valence-electron chi connectivity index (χ4n) is 3.44. The number of hydrogen-bond donors (Lipinski definition) is 4. The van der Waals surface area contributed by atoms with Crippen molar-refractivity contribution in [1.82, 2.24) is 20.3 Å². The number of aromatic nitrogens is 3. The number of aromatic amines is 1. The summed E-state index contributed by atoms with van der Waals surface area (Å²) in [5, 5.41) is 26.5. The van der Waals surface area contributed by atoms with Gasteiger partial charge in [0, 0.05) is 35.8 Å². The fraction of sp³-hybridized carbons (Fsp3) is 0.125. The predicted molar refractivity (Wildman–Crippen MR) is 127 cm³/mol. The zero-order valence-corrected chi connectivity index (χ0v) is 18.2. The van der Waals surface area contributed by atoms with E-state index >= 15 is 0 Å². The van der Waals surface area contributed by atoms with E-state index in [1.165, 1.54) is 12.1 Å². The summed E-state index contributed by atoms with van der Waals surface area (Å²) in [5.74, 6) is -0.103. The summed E-state index contributed by atoms with van der Waals surface area (Å²) in [4.78, 5) is 35.0. The Morgan fingerprint density at radius 2 is 1.97 bits per heavy atom. The van der Waals surface area contributed by atoms with Crippen molar-refractivity contribution in [2.45, 2.75) is 13.0 Å². The molecule has 0 bridgehead atoms. The summed E-state index contributed by atoms with van der Waals surface area (Å²) in [5.41, 5.74) is 3.61. The Bertz CT molecular complexity index is 1320. The third-order valence-electron chi connectivity index (χ3n) is 5.18. The molecular formula is C24H22N6O4. The number of nitrogens with zero attached hydrogens (tertiary/aromatic N) is 3. The standard InChI is InChI=1S/C24H22N6O4/c1-15-12-26-24(27-18-8-5-9-19(11-18)30(33)34)29-22(15)17-10-20(25-13-17)23(32)28-21(14-31)16-6-3-2-4-7-16/h2-13,21,25,31H,14H2,1H3,(H,28,32)(H,26,27,29)/t21-/m1/s1. The highest BCUT2D eigenvalue weighted by atomic mass is 16.6. The molecule has 0 saturated heterocycles. The number of hydrogen-bond acceptors (Lipinski definition) is 7. The highest BCUT2D eigenvalue weighted by molar-refractivity contribution is 5.94. The summed E-state index contributed by atoms with van der Waals surface area (Å²) < 4.78 is 0. The van der Waals surface area contributed by atoms with Crippen molar-refractivity contribution in [3.05, 3.63) is 100.0 Å². The summed E-state index contributed by atoms with van der Waals surface area (Å²) in [6.45, 7) is 1.61. The van der Waals surface area contributed by atoms with Crippen LogP contribution >= 0.6 is 0 Å². The molecule has 0 fully saturated rings. The quantitative estimate of drug-likeness (QED) is 0.231. The lowest BCUT2D eigenvalue weighted by atomic mass is 10.1. The van der Waals surface area contributed by atoms with Crippen molar-refractivity contribution in [2.75, 3.05) is 11.9 Å². The average Bonchev–Trinajstić information content (AvgIpc) is 3.34. The van der Waals surface area contributed by atoms with Gasteiger partial charge in [-0.25, -0.2) is 9.97 Å². The first-order valence-corrected chi connectivity index (χ1v) is 10.4. The molecule has 0 aliphatic heterocycles. The number of amides is 1. The Morgan fingerprint density at radius 1 is 1.18 bits per heavy atom. The van der Waals surface area contributed by atoms with Gasteiger partial charge in [-0.05, 0) is 30.2 Å². The topological polar surface area (TPSA) is 146 Å². The van der Waals surface area contributed by atoms with Gasteiger partial charge in [0.25, 0.3) is 11.6 Å². The number of carbonyl (C=O) groups excluding carboxylic acids is 1. The van der Waals surface area contributed by atoms with Gasteiger partial charge in [0.15, 0.2) is 0 Å². The van der Waals surface area contributed by atoms with E-state index in [1.54, 1.807) is 30.6 Å². The second kappa shape index (κ2) is 9.92. The molecule has 10 nitrogen and oxygen atoms in total. The molecule has 1 atom stereocenters. The maximum atomic E-state index is 12.8. The minimum absolute atomic E-state index is 0.0460. The van der Waals surface area contributed by atoms with Crippen LogP contribution in [-0.4, -0.2) is 37.5 Å². The summed E-state index contributed by atoms with van der Waals surface area (Å²) in [7, 11) is 0. The molecule has 34 heavy (non-hydrogen) atoms. The van der Waals surface area contributed by atoms with Crippen LogP contribution in [0.25, 0.3) is 11.3 Å². The van der Waals surface area contributed by atoms with E-state index < -0.39 is 11.0 Å². The van der Waals surface area contributed by atoms with Crippen molar-refractivity contribution in [2.24, 2.45) is 0 Å². The van der Waals surface area contributed by atoms with Gasteiger partial charge in [0.05, 0.1) is 23.3 Å². The predicted octanol–water partition coefficient (Wildman–Crippen LogP) is 3.90. The van der Waals surface area contributed by atoms with Crippen molar-refractivity contribution in [3.8, 4) is 11.3 Å². The minimum atomic E-state index is -0.535. The summed E-state index contributed by atoms with van der Waals surface area (Å²) in [6.07, 6.45) is 3.30. The van der Waals surface area contributed by atoms with E-state index in [0.717, 1.165) is 11.1 Å². The molecule has 1 amide bonds. The minimum Gasteiger partial charge on any atom is -0.394 e. The third-order valence-corrected chi connectivity index (χ3v) is 5.18. The van der Waals surface area contributed by atoms with E-state index in [2.05, 4.69) is 25.6 Å². The number of nitro groups is 1. The molecule has 0 aliphatic rings. The number of rotatable bonds is 8. The van der Waals surface area contributed by atoms with E-state index in [4.69, 9.17) is 0 Å². The zero-order valence-electron chi connectivity index (χ0n) is 18.2. The fourth-order valence-corrected chi connectivity index (χ4v) is 3.44. The number of nitrogens with one attached hydrogen (secondary N) is 3. The summed E-state index contributed by atoms with van der Waals surface area (Å²) in [6, 6.07) is 16.4. The third kappa shape index (κ3) is 5.08. The van der Waals surface area contributed by atoms with Crippen LogP contribution in [-0.2, 0) is 0 Å². The van der Waals surface area contributed by atoms with Crippen molar-refractivity contribution >= 4 is 23.2 Å². The second-order valence-corrected chi connectivity index (χ2v) is 7.58. The molecule has 0 unspecified atom stereocenters. The van der Waals surface area contributed by atoms with E-state index in [-0.39, 0.29) is 24.1 Å². The van der Waals surface area contributed by atoms with Crippen LogP contribution in [0.15, 0.2) is 73.1 Å². The van der Waals surface area contributed by atoms with Gasteiger partial charge in [0.1, 0.15) is 5.69 Å². The largest absolute Gasteiger partial charge is 0.394 e. The van der Waals surface area contributed by atoms with Gasteiger partial charge in [-0.2, -0.15) is 0 Å². The average molecular weight is 458 g/mol. The highest BCUT2D eigenvalue weighted by Gasteiger charge is 2.18. The molecule has 2 aromatic carbocycles. The van der Waals surface area contributed by atoms with Crippen LogP contribution in [0, 0.1) is 17.0 Å². The number of H-pyrrole nitrogens is 1. The molecule has 2 aromatic heterocycles. The molecule has 10 heteroatoms. The van der Waals surface area contributed by atoms with Crippen LogP contribution in [0.2, 0.25) is 0 Å². The molecule has 0 saturated carbocycles. The van der Waals surface area contributed by atoms with Crippen LogP contribution < -0.4 is 10.6 Å². The lowest BCUT2D eigenvalue weighted by molar-refractivity contribution is -0.384. The monoisotopic (exact) mass is 458 g/mol. The van der Waals surface area contributed by atoms with Gasteiger partial charge in [-0.15, -0.1) is 0 Å². The first-order chi connectivity index (χ1) is 16.4. The number of anilines is 2. The van der Waals surface area contributed by atoms with Gasteiger partial charge in [-0.1, -0.05) is 36.4 Å². The molecule has 0 aliphatic carbocycles. The number of aliphatic hydroxyl groups excluding tert-OH is 1. The van der Waals surface area contributed by atoms with Crippen molar-refractivity contribution < 1.29 is 14.8 Å². The number of non-ortho nitro benzene ring substituents is 1. The molecule has 4 rings (SSSR count). The van der Waals surface area contributed by atoms with E-state index in [0.29, 0.717) is 22.6 Å². The Morgan fingerprint density at radius 3 is 2.71 bits per heavy atom. The van der Waals surface area contributed by atoms with E-state index in [1.807, 2.05) is 37.3 Å². The molecular weight excluding hydrogens is 436 g/mol. The normalized spacial score (nSPS) is 11.6. The Balaban J connectivity index is 1.53. The Labute approximate surface area is 194 Å². The highest BCUT2D eigenvalue weighted by Crippen LogP contribution is 2.25. The number of carbonyl (C=O) groups is 1. The Hall–Kier alpha value is -4.57. The van der Waals surface area contributed by atoms with Gasteiger partial charge >= 0.3 is 0 Å². The maximum absolute atomic E-state index is 12.8. The molecule has 4 aromatic rings. The molecule has 0 spiro atoms. The van der Waals surface area contributed by atoms with Crippen molar-refractivity contribution in [3.63, 3.8) is 0 Å². The molecule has 4 N–H and O–H groups in total. The van der Waals surface area contributed by atoms with Crippen molar-refractivity contribution in [1.29, 1.82) is 0 Å². The molecule has 2 heterocycles. The maximum Gasteiger partial charge on any atom is 0.271 e. The van der Waals surface area contributed by atoms with Gasteiger partial charge in [0.2, 0.25) is 5.95 Å². The number of nitro benzene ring substituents is 1. The number of aliphatic hydroxyl groups is 1. The first-order valence-electron chi connectivity index (χ1n) is 10.4. The smallest absolute Gasteiger partial charge is 0.271 e. The molecule has 0 radical (unpaired) electrons. The SMILES string of the molecule is Cc1cnc(Nc2cccc([N+](=O)[O-])c2)nc1-c1c[nH]c(C(=O)N[C@H](CO)c2ccccc2)c1. The zero-order chi connectivity index (χ0) is 24.1. The number of benzene rings is 2. The summed E-state index contributed by atoms with van der Waals surface area (Å²) >= 11 is 0. The first kappa shape index (κ1) is 22.6. The van der Waals surface area contributed by atoms with Crippen LogP contribution in [0.3, 0.4) is 0 Å². The Kier molecular flexibility index (Phi) is 6.60. The molecule has 172 valence electrons. The van der Waals surface area contributed by atoms with E-state index in [9.17, 15) is 20.0 Å². The van der Waals surface area contributed by atoms with Gasteiger partial charge < -0.3 is 20.7 Å². The number of aryl methyl sites for hydroxylation is 1. The van der Waals surface area contributed by atoms with Crippen LogP contribution in [0.4, 0.5) is 17.3 Å². The lowest BCUT2D eigenvalue weighted by Gasteiger charge is -2.16. The van der Waals surface area contributed by atoms with Gasteiger partial charge in [-0.3, -0.25) is 14.9 Å². The second-order valence-electron chi connectivity index (χ2n) is 7.58. The van der Waals surface area contributed by atoms with Crippen LogP contribution in [0.5, 0.6) is 0 Å². The lowest BCUT2D eigenvalue weighted by Crippen LogP contribution is -2.30.